The van der Waals surface area contributed by atoms with Gasteiger partial charge in [0.1, 0.15) is 5.82 Å². The second-order valence-corrected chi connectivity index (χ2v) is 8.44. The van der Waals surface area contributed by atoms with Crippen molar-refractivity contribution < 1.29 is 4.79 Å². The summed E-state index contributed by atoms with van der Waals surface area (Å²) in [6, 6.07) is 4.35. The summed E-state index contributed by atoms with van der Waals surface area (Å²) in [6.07, 6.45) is 7.75. The number of benzene rings is 1. The van der Waals surface area contributed by atoms with Gasteiger partial charge in [-0.15, -0.1) is 0 Å². The third-order valence-corrected chi connectivity index (χ3v) is 6.48. The molecule has 0 bridgehead atoms. The number of H-pyrrole nitrogens is 1. The van der Waals surface area contributed by atoms with E-state index in [1.807, 2.05) is 29.7 Å². The molecule has 7 heteroatoms. The van der Waals surface area contributed by atoms with Gasteiger partial charge in [0.15, 0.2) is 5.82 Å². The van der Waals surface area contributed by atoms with Crippen molar-refractivity contribution in [3.05, 3.63) is 41.1 Å². The summed E-state index contributed by atoms with van der Waals surface area (Å²) in [6.45, 7) is 3.56. The zero-order valence-electron chi connectivity index (χ0n) is 17.2. The van der Waals surface area contributed by atoms with Crippen LogP contribution in [0.4, 0.5) is 0 Å². The summed E-state index contributed by atoms with van der Waals surface area (Å²) in [4.78, 5) is 18.8. The van der Waals surface area contributed by atoms with Crippen molar-refractivity contribution in [2.24, 2.45) is 7.05 Å². The number of aromatic nitrogens is 5. The van der Waals surface area contributed by atoms with Crippen LogP contribution in [0.15, 0.2) is 18.3 Å². The van der Waals surface area contributed by atoms with Crippen LogP contribution in [0.5, 0.6) is 0 Å². The van der Waals surface area contributed by atoms with Crippen LogP contribution < -0.4 is 0 Å². The summed E-state index contributed by atoms with van der Waals surface area (Å²) in [5, 5.41) is 13.3. The Morgan fingerprint density at radius 1 is 1.17 bits per heavy atom. The van der Waals surface area contributed by atoms with Crippen molar-refractivity contribution in [1.82, 2.24) is 29.9 Å². The number of fused-ring (bicyclic) bond motifs is 1. The molecule has 2 fully saturated rings. The SMILES string of the molecule is CCC(=O)N1CCC(c2nc(Cc3ccc4[nH]ncc4c3C3CC3)n(C)n2)CC1. The molecule has 1 N–H and O–H groups in total. The maximum atomic E-state index is 11.9. The lowest BCUT2D eigenvalue weighted by Gasteiger charge is -2.30. The Kier molecular flexibility index (Phi) is 4.60. The fourth-order valence-corrected chi connectivity index (χ4v) is 4.64. The first kappa shape index (κ1) is 18.3. The third kappa shape index (κ3) is 3.43. The molecule has 3 heterocycles. The molecule has 3 aromatic rings. The monoisotopic (exact) mass is 392 g/mol. The number of carbonyl (C=O) groups excluding carboxylic acids is 1. The Balaban J connectivity index is 1.36. The first-order valence-corrected chi connectivity index (χ1v) is 10.8. The molecule has 1 saturated carbocycles. The van der Waals surface area contributed by atoms with Crippen molar-refractivity contribution in [3.8, 4) is 0 Å². The van der Waals surface area contributed by atoms with Crippen LogP contribution in [-0.4, -0.2) is 48.9 Å². The molecule has 1 aromatic carbocycles. The molecule has 0 spiro atoms. The van der Waals surface area contributed by atoms with Crippen LogP contribution in [0.2, 0.25) is 0 Å². The van der Waals surface area contributed by atoms with Crippen LogP contribution in [0.25, 0.3) is 10.9 Å². The van der Waals surface area contributed by atoms with Crippen LogP contribution in [-0.2, 0) is 18.3 Å². The predicted octanol–water partition coefficient (Wildman–Crippen LogP) is 3.28. The van der Waals surface area contributed by atoms with E-state index in [9.17, 15) is 4.79 Å². The molecule has 1 saturated heterocycles. The van der Waals surface area contributed by atoms with E-state index >= 15 is 0 Å². The van der Waals surface area contributed by atoms with Crippen molar-refractivity contribution in [3.63, 3.8) is 0 Å². The van der Waals surface area contributed by atoms with Gasteiger partial charge in [-0.05, 0) is 48.8 Å². The molecular weight excluding hydrogens is 364 g/mol. The summed E-state index contributed by atoms with van der Waals surface area (Å²) in [5.41, 5.74) is 3.89. The summed E-state index contributed by atoms with van der Waals surface area (Å²) >= 11 is 0. The molecule has 7 nitrogen and oxygen atoms in total. The highest BCUT2D eigenvalue weighted by Crippen LogP contribution is 2.45. The van der Waals surface area contributed by atoms with Crippen LogP contribution in [0.3, 0.4) is 0 Å². The third-order valence-electron chi connectivity index (χ3n) is 6.48. The highest BCUT2D eigenvalue weighted by Gasteiger charge is 2.30. The number of rotatable bonds is 5. The molecule has 0 unspecified atom stereocenters. The first-order valence-electron chi connectivity index (χ1n) is 10.8. The normalized spacial score (nSPS) is 17.9. The average Bonchev–Trinajstić information content (AvgIpc) is 3.35. The van der Waals surface area contributed by atoms with Gasteiger partial charge in [0.2, 0.25) is 5.91 Å². The number of hydrogen-bond donors (Lipinski definition) is 1. The molecule has 1 amide bonds. The topological polar surface area (TPSA) is 79.7 Å². The van der Waals surface area contributed by atoms with E-state index in [1.54, 1.807) is 0 Å². The largest absolute Gasteiger partial charge is 0.343 e. The number of likely N-dealkylation sites (tertiary alicyclic amines) is 1. The number of piperidine rings is 1. The number of hydrogen-bond acceptors (Lipinski definition) is 4. The number of aromatic amines is 1. The van der Waals surface area contributed by atoms with Crippen LogP contribution in [0.1, 0.15) is 73.6 Å². The molecule has 1 aliphatic carbocycles. The fourth-order valence-electron chi connectivity index (χ4n) is 4.64. The van der Waals surface area contributed by atoms with Gasteiger partial charge in [0.25, 0.3) is 0 Å². The number of carbonyl (C=O) groups is 1. The zero-order chi connectivity index (χ0) is 20.0. The molecule has 0 radical (unpaired) electrons. The van der Waals surface area contributed by atoms with Gasteiger partial charge in [-0.2, -0.15) is 10.2 Å². The molecular formula is C22H28N6O. The van der Waals surface area contributed by atoms with Gasteiger partial charge in [0, 0.05) is 44.3 Å². The van der Waals surface area contributed by atoms with Crippen LogP contribution >= 0.6 is 0 Å². The zero-order valence-corrected chi connectivity index (χ0v) is 17.2. The summed E-state index contributed by atoms with van der Waals surface area (Å²) in [5.74, 6) is 3.19. The van der Waals surface area contributed by atoms with E-state index in [0.717, 1.165) is 49.5 Å². The average molecular weight is 393 g/mol. The van der Waals surface area contributed by atoms with Crippen molar-refractivity contribution in [2.45, 2.75) is 57.3 Å². The van der Waals surface area contributed by atoms with E-state index in [1.165, 1.54) is 29.4 Å². The van der Waals surface area contributed by atoms with Gasteiger partial charge in [0.05, 0.1) is 11.7 Å². The molecule has 0 atom stereocenters. The Morgan fingerprint density at radius 3 is 2.69 bits per heavy atom. The van der Waals surface area contributed by atoms with Gasteiger partial charge in [-0.25, -0.2) is 4.98 Å². The van der Waals surface area contributed by atoms with Crippen molar-refractivity contribution >= 4 is 16.8 Å². The standard InChI is InChI=1S/C22H28N6O/c1-3-20(29)28-10-8-15(9-11-28)22-24-19(27(2)26-22)12-16-6-7-18-17(13-23-25-18)21(16)14-4-5-14/h6-7,13-15H,3-5,8-12H2,1-2H3,(H,23,25). The van der Waals surface area contributed by atoms with Gasteiger partial charge < -0.3 is 4.90 Å². The van der Waals surface area contributed by atoms with E-state index in [0.29, 0.717) is 18.3 Å². The lowest BCUT2D eigenvalue weighted by Crippen LogP contribution is -2.37. The Bertz CT molecular complexity index is 1040. The van der Waals surface area contributed by atoms with Gasteiger partial charge >= 0.3 is 0 Å². The summed E-state index contributed by atoms with van der Waals surface area (Å²) in [7, 11) is 1.99. The predicted molar refractivity (Wildman–Crippen MR) is 111 cm³/mol. The number of nitrogens with zero attached hydrogens (tertiary/aromatic N) is 5. The van der Waals surface area contributed by atoms with Gasteiger partial charge in [-0.3, -0.25) is 14.6 Å². The molecule has 5 rings (SSSR count). The van der Waals surface area contributed by atoms with E-state index in [4.69, 9.17) is 10.1 Å². The highest BCUT2D eigenvalue weighted by molar-refractivity contribution is 5.84. The second kappa shape index (κ2) is 7.28. The lowest BCUT2D eigenvalue weighted by atomic mass is 9.95. The molecule has 1 aliphatic heterocycles. The number of nitrogens with one attached hydrogen (secondary N) is 1. The molecule has 29 heavy (non-hydrogen) atoms. The van der Waals surface area contributed by atoms with Crippen molar-refractivity contribution in [1.29, 1.82) is 0 Å². The summed E-state index contributed by atoms with van der Waals surface area (Å²) < 4.78 is 1.94. The smallest absolute Gasteiger partial charge is 0.222 e. The van der Waals surface area contributed by atoms with E-state index in [-0.39, 0.29) is 5.91 Å². The molecule has 2 aromatic heterocycles. The quantitative estimate of drug-likeness (QED) is 0.723. The minimum atomic E-state index is 0.250. The number of aryl methyl sites for hydroxylation is 1. The Hall–Kier alpha value is -2.70. The molecule has 152 valence electrons. The Labute approximate surface area is 170 Å². The minimum Gasteiger partial charge on any atom is -0.343 e. The second-order valence-electron chi connectivity index (χ2n) is 8.44. The van der Waals surface area contributed by atoms with Gasteiger partial charge in [-0.1, -0.05) is 13.0 Å². The molecule has 2 aliphatic rings. The van der Waals surface area contributed by atoms with Crippen molar-refractivity contribution in [2.75, 3.05) is 13.1 Å². The minimum absolute atomic E-state index is 0.250. The Morgan fingerprint density at radius 2 is 1.97 bits per heavy atom. The lowest BCUT2D eigenvalue weighted by molar-refractivity contribution is -0.131. The van der Waals surface area contributed by atoms with E-state index < -0.39 is 0 Å². The number of amides is 1. The van der Waals surface area contributed by atoms with E-state index in [2.05, 4.69) is 22.3 Å². The fraction of sp³-hybridized carbons (Fsp3) is 0.545. The van der Waals surface area contributed by atoms with Crippen LogP contribution in [0, 0.1) is 0 Å². The highest BCUT2D eigenvalue weighted by atomic mass is 16.2. The maximum Gasteiger partial charge on any atom is 0.222 e. The first-order chi connectivity index (χ1) is 14.1. The maximum absolute atomic E-state index is 11.9.